The van der Waals surface area contributed by atoms with Crippen molar-refractivity contribution < 1.29 is 23.8 Å². The predicted octanol–water partition coefficient (Wildman–Crippen LogP) is 3.97. The number of hydrogen-bond donors (Lipinski definition) is 1. The van der Waals surface area contributed by atoms with E-state index in [1.807, 2.05) is 18.2 Å². The maximum absolute atomic E-state index is 12.8. The van der Waals surface area contributed by atoms with E-state index in [-0.39, 0.29) is 16.7 Å². The summed E-state index contributed by atoms with van der Waals surface area (Å²) in [6, 6.07) is 19.6. The number of benzene rings is 2. The predicted molar refractivity (Wildman–Crippen MR) is 134 cm³/mol. The lowest BCUT2D eigenvalue weighted by molar-refractivity contribution is -0.705. The Kier molecular flexibility index (Phi) is 6.93. The highest BCUT2D eigenvalue weighted by molar-refractivity contribution is 7.99. The number of nitrogens with zero attached hydrogens (tertiary/aromatic N) is 3. The number of fused-ring (bicyclic) bond motifs is 1. The summed E-state index contributed by atoms with van der Waals surface area (Å²) in [7, 11) is 1.57. The van der Waals surface area contributed by atoms with E-state index >= 15 is 0 Å². The normalized spacial score (nSPS) is 14.6. The monoisotopic (exact) mass is 518 g/mol. The van der Waals surface area contributed by atoms with E-state index < -0.39 is 5.95 Å². The van der Waals surface area contributed by atoms with Crippen LogP contribution in [0.25, 0.3) is 5.69 Å². The molecule has 0 saturated carbocycles. The maximum Gasteiger partial charge on any atom is 0.298 e. The Labute approximate surface area is 216 Å². The lowest BCUT2D eigenvalue weighted by atomic mass is 9.83. The number of nitrogens with one attached hydrogen (secondary N) is 1. The van der Waals surface area contributed by atoms with Crippen molar-refractivity contribution in [2.75, 3.05) is 18.2 Å². The smallest absolute Gasteiger partial charge is 0.298 e. The zero-order valence-electron chi connectivity index (χ0n) is 19.4. The van der Waals surface area contributed by atoms with Crippen molar-refractivity contribution in [3.63, 3.8) is 0 Å². The Hall–Kier alpha value is -3.81. The quantitative estimate of drug-likeness (QED) is 0.291. The first-order valence-corrected chi connectivity index (χ1v) is 13.1. The van der Waals surface area contributed by atoms with Gasteiger partial charge in [0, 0.05) is 17.0 Å². The molecule has 0 saturated heterocycles. The number of thiophene rings is 1. The van der Waals surface area contributed by atoms with Crippen LogP contribution in [0.1, 0.15) is 33.9 Å². The van der Waals surface area contributed by atoms with E-state index in [0.717, 1.165) is 41.5 Å². The van der Waals surface area contributed by atoms with Crippen LogP contribution >= 0.6 is 23.1 Å². The van der Waals surface area contributed by atoms with Crippen LogP contribution in [0.2, 0.25) is 0 Å². The molecule has 1 aliphatic carbocycles. The van der Waals surface area contributed by atoms with E-state index in [4.69, 9.17) is 9.26 Å². The van der Waals surface area contributed by atoms with Gasteiger partial charge in [-0.1, -0.05) is 30.3 Å². The number of anilines is 1. The van der Waals surface area contributed by atoms with Crippen LogP contribution in [-0.4, -0.2) is 24.0 Å². The highest BCUT2D eigenvalue weighted by Gasteiger charge is 2.28. The standard InChI is InChI=1S/C26H22N4O4S2/c1-33-19-10-8-18(9-11-19)30-25(26(32)34-29-30)35-15-23(31)28-24-21(14-27)20-12-7-17(13-22(20)36-24)16-5-3-2-4-6-16/h2-6,8-11,17H,7,12-13,15H2,1H3,(H-,28,29,31,32). The van der Waals surface area contributed by atoms with Crippen molar-refractivity contribution in [1.29, 1.82) is 5.26 Å². The van der Waals surface area contributed by atoms with Crippen LogP contribution < -0.4 is 19.8 Å². The Morgan fingerprint density at radius 3 is 2.81 bits per heavy atom. The fourth-order valence-electron chi connectivity index (χ4n) is 4.35. The number of methoxy groups -OCH3 is 1. The summed E-state index contributed by atoms with van der Waals surface area (Å²) in [6.45, 7) is 0. The van der Waals surface area contributed by atoms with Gasteiger partial charge >= 0.3 is 0 Å². The molecule has 1 atom stereocenters. The third kappa shape index (κ3) is 4.80. The van der Waals surface area contributed by atoms with Crippen LogP contribution in [0.3, 0.4) is 0 Å². The number of rotatable bonds is 7. The molecule has 0 aliphatic heterocycles. The van der Waals surface area contributed by atoms with Gasteiger partial charge in [-0.2, -0.15) is 5.26 Å². The van der Waals surface area contributed by atoms with Crippen molar-refractivity contribution in [3.8, 4) is 23.5 Å². The SMILES string of the molecule is COc1ccc(-[n+]2noc([O-])c2SCC(=O)Nc2sc3c(c2C#N)CCC(c2ccccc2)C3)cc1. The van der Waals surface area contributed by atoms with Gasteiger partial charge < -0.3 is 19.7 Å². The zero-order valence-corrected chi connectivity index (χ0v) is 21.0. The molecule has 0 spiro atoms. The first kappa shape index (κ1) is 23.9. The van der Waals surface area contributed by atoms with Crippen LogP contribution in [0.5, 0.6) is 11.7 Å². The molecule has 36 heavy (non-hydrogen) atoms. The molecule has 10 heteroatoms. The van der Waals surface area contributed by atoms with Crippen LogP contribution in [0.15, 0.2) is 64.1 Å². The van der Waals surface area contributed by atoms with Gasteiger partial charge in [0.1, 0.15) is 16.8 Å². The number of aromatic nitrogens is 2. The number of ether oxygens (including phenoxy) is 1. The number of thioether (sulfide) groups is 1. The van der Waals surface area contributed by atoms with Crippen LogP contribution in [-0.2, 0) is 17.6 Å². The van der Waals surface area contributed by atoms with Crippen molar-refractivity contribution >= 4 is 34.0 Å². The fraction of sp³-hybridized carbons (Fsp3) is 0.231. The van der Waals surface area contributed by atoms with Gasteiger partial charge in [0.2, 0.25) is 11.6 Å². The lowest BCUT2D eigenvalue weighted by Crippen LogP contribution is -2.35. The zero-order chi connectivity index (χ0) is 25.1. The molecule has 2 aromatic heterocycles. The van der Waals surface area contributed by atoms with E-state index in [0.29, 0.717) is 27.9 Å². The van der Waals surface area contributed by atoms with Gasteiger partial charge in [-0.05, 0) is 64.9 Å². The van der Waals surface area contributed by atoms with Gasteiger partial charge in [-0.15, -0.1) is 11.3 Å². The molecule has 1 aliphatic rings. The lowest BCUT2D eigenvalue weighted by Gasteiger charge is -2.22. The molecule has 5 rings (SSSR count). The molecule has 1 N–H and O–H groups in total. The molecule has 182 valence electrons. The Morgan fingerprint density at radius 1 is 1.31 bits per heavy atom. The molecular weight excluding hydrogens is 496 g/mol. The molecule has 2 aromatic carbocycles. The number of hydrogen-bond acceptors (Lipinski definition) is 8. The average molecular weight is 519 g/mol. The molecule has 0 radical (unpaired) electrons. The molecule has 0 fully saturated rings. The minimum Gasteiger partial charge on any atom is -0.538 e. The van der Waals surface area contributed by atoms with E-state index in [1.165, 1.54) is 21.6 Å². The first-order valence-electron chi connectivity index (χ1n) is 11.3. The largest absolute Gasteiger partial charge is 0.538 e. The minimum absolute atomic E-state index is 0.0350. The summed E-state index contributed by atoms with van der Waals surface area (Å²) < 4.78 is 11.3. The molecule has 2 heterocycles. The van der Waals surface area contributed by atoms with Gasteiger partial charge in [-0.25, -0.2) is 0 Å². The summed E-state index contributed by atoms with van der Waals surface area (Å²) >= 11 is 2.50. The summed E-state index contributed by atoms with van der Waals surface area (Å²) in [4.78, 5) is 13.9. The first-order chi connectivity index (χ1) is 17.6. The van der Waals surface area contributed by atoms with Crippen LogP contribution in [0.4, 0.5) is 5.00 Å². The second kappa shape index (κ2) is 10.4. The van der Waals surface area contributed by atoms with Crippen molar-refractivity contribution in [1.82, 2.24) is 5.27 Å². The van der Waals surface area contributed by atoms with Gasteiger partial charge in [0.05, 0.1) is 23.7 Å². The van der Waals surface area contributed by atoms with Gasteiger partial charge in [-0.3, -0.25) is 4.79 Å². The number of amides is 1. The third-order valence-corrected chi connectivity index (χ3v) is 8.32. The third-order valence-electron chi connectivity index (χ3n) is 6.13. The molecule has 1 unspecified atom stereocenters. The highest BCUT2D eigenvalue weighted by Crippen LogP contribution is 2.42. The molecule has 8 nitrogen and oxygen atoms in total. The van der Waals surface area contributed by atoms with Crippen molar-refractivity contribution in [2.24, 2.45) is 0 Å². The summed E-state index contributed by atoms with van der Waals surface area (Å²) in [6.07, 6.45) is 2.63. The average Bonchev–Trinajstić information content (AvgIpc) is 3.46. The van der Waals surface area contributed by atoms with E-state index in [9.17, 15) is 15.2 Å². The highest BCUT2D eigenvalue weighted by atomic mass is 32.2. The fourth-order valence-corrected chi connectivity index (χ4v) is 6.40. The topological polar surface area (TPSA) is 115 Å². The minimum atomic E-state index is -0.625. The van der Waals surface area contributed by atoms with E-state index in [2.05, 4.69) is 28.8 Å². The van der Waals surface area contributed by atoms with Crippen molar-refractivity contribution in [3.05, 3.63) is 76.2 Å². The Bertz CT molecular complexity index is 1420. The number of carbonyl (C=O) groups excluding carboxylic acids is 1. The maximum atomic E-state index is 12.8. The second-order valence-electron chi connectivity index (χ2n) is 8.28. The Morgan fingerprint density at radius 2 is 2.08 bits per heavy atom. The van der Waals surface area contributed by atoms with Gasteiger partial charge in [0.25, 0.3) is 5.03 Å². The molecular formula is C26H22N4O4S2. The number of nitriles is 1. The second-order valence-corrected chi connectivity index (χ2v) is 10.4. The van der Waals surface area contributed by atoms with Crippen LogP contribution in [0, 0.1) is 11.3 Å². The van der Waals surface area contributed by atoms with Gasteiger partial charge in [0.15, 0.2) is 5.95 Å². The van der Waals surface area contributed by atoms with E-state index in [1.54, 1.807) is 31.4 Å². The summed E-state index contributed by atoms with van der Waals surface area (Å²) in [5.74, 6) is 0.102. The molecule has 0 bridgehead atoms. The summed E-state index contributed by atoms with van der Waals surface area (Å²) in [5.41, 5.74) is 3.48. The van der Waals surface area contributed by atoms with Crippen molar-refractivity contribution in [2.45, 2.75) is 30.2 Å². The summed E-state index contributed by atoms with van der Waals surface area (Å²) in [5, 5.41) is 29.5. The molecule has 1 amide bonds. The number of carbonyl (C=O) groups is 1. The molecule has 4 aromatic rings. The Balaban J connectivity index is 1.28.